The maximum Gasteiger partial charge on any atom is 0.0814 e. The van der Waals surface area contributed by atoms with Crippen molar-refractivity contribution >= 4 is 0 Å². The largest absolute Gasteiger partial charge is 0.388 e. The number of nitrogens with zero attached hydrogens (tertiary/aromatic N) is 1. The molecule has 1 N–H and O–H groups in total. The van der Waals surface area contributed by atoms with Gasteiger partial charge in [-0.2, -0.15) is 0 Å². The molecular formula is C11H21NO. The van der Waals surface area contributed by atoms with E-state index in [4.69, 9.17) is 0 Å². The number of β-amino-alcohol motifs (C(OH)–C–C–N with tert-alkyl or cyclic N) is 1. The summed E-state index contributed by atoms with van der Waals surface area (Å²) in [5.41, 5.74) is -0.327. The third kappa shape index (κ3) is 1.75. The Labute approximate surface area is 80.9 Å². The molecule has 0 radical (unpaired) electrons. The van der Waals surface area contributed by atoms with Crippen molar-refractivity contribution in [3.63, 3.8) is 0 Å². The first-order valence-electron chi connectivity index (χ1n) is 5.69. The first kappa shape index (κ1) is 9.47. The lowest BCUT2D eigenvalue weighted by molar-refractivity contribution is -0.00618. The Morgan fingerprint density at radius 1 is 1.38 bits per heavy atom. The van der Waals surface area contributed by atoms with Crippen molar-refractivity contribution in [2.24, 2.45) is 5.92 Å². The topological polar surface area (TPSA) is 23.5 Å². The minimum atomic E-state index is -0.327. The molecule has 0 bridgehead atoms. The van der Waals surface area contributed by atoms with Crippen LogP contribution in [-0.4, -0.2) is 35.2 Å². The number of hydrogen-bond donors (Lipinski definition) is 1. The molecule has 0 aromatic heterocycles. The summed E-state index contributed by atoms with van der Waals surface area (Å²) in [6.07, 6.45) is 6.19. The van der Waals surface area contributed by atoms with Gasteiger partial charge in [0, 0.05) is 13.1 Å². The van der Waals surface area contributed by atoms with Crippen molar-refractivity contribution in [3.05, 3.63) is 0 Å². The van der Waals surface area contributed by atoms with E-state index in [1.165, 1.54) is 25.7 Å². The molecule has 1 saturated carbocycles. The Kier molecular flexibility index (Phi) is 2.61. The maximum atomic E-state index is 10.5. The van der Waals surface area contributed by atoms with Gasteiger partial charge < -0.3 is 10.0 Å². The minimum absolute atomic E-state index is 0.327. The second-order valence-electron chi connectivity index (χ2n) is 4.70. The molecule has 2 aliphatic rings. The molecule has 1 saturated heterocycles. The number of likely N-dealkylation sites (tertiary alicyclic amines) is 1. The zero-order valence-electron chi connectivity index (χ0n) is 8.63. The lowest BCUT2D eigenvalue weighted by Gasteiger charge is -2.29. The van der Waals surface area contributed by atoms with Gasteiger partial charge in [-0.25, -0.2) is 0 Å². The molecule has 1 atom stereocenters. The molecule has 2 nitrogen and oxygen atoms in total. The van der Waals surface area contributed by atoms with Crippen molar-refractivity contribution in [1.82, 2.24) is 4.90 Å². The lowest BCUT2D eigenvalue weighted by atomic mass is 9.85. The molecule has 76 valence electrons. The number of rotatable bonds is 2. The molecule has 1 aliphatic heterocycles. The van der Waals surface area contributed by atoms with Crippen LogP contribution in [0.25, 0.3) is 0 Å². The van der Waals surface area contributed by atoms with Crippen LogP contribution in [0.15, 0.2) is 0 Å². The van der Waals surface area contributed by atoms with Crippen molar-refractivity contribution in [3.8, 4) is 0 Å². The smallest absolute Gasteiger partial charge is 0.0814 e. The fraction of sp³-hybridized carbons (Fsp3) is 1.00. The van der Waals surface area contributed by atoms with Crippen LogP contribution in [0.1, 0.15) is 39.0 Å². The van der Waals surface area contributed by atoms with Crippen LogP contribution in [0.4, 0.5) is 0 Å². The van der Waals surface area contributed by atoms with Crippen molar-refractivity contribution in [2.75, 3.05) is 19.6 Å². The van der Waals surface area contributed by atoms with Gasteiger partial charge in [0.15, 0.2) is 0 Å². The van der Waals surface area contributed by atoms with E-state index < -0.39 is 0 Å². The van der Waals surface area contributed by atoms with E-state index in [1.54, 1.807) is 0 Å². The van der Waals surface area contributed by atoms with Gasteiger partial charge in [0.05, 0.1) is 5.60 Å². The number of aliphatic hydroxyl groups is 1. The van der Waals surface area contributed by atoms with E-state index in [0.717, 1.165) is 26.1 Å². The Hall–Kier alpha value is -0.0800. The summed E-state index contributed by atoms with van der Waals surface area (Å²) in [4.78, 5) is 2.37. The third-order valence-corrected chi connectivity index (χ3v) is 3.92. The molecule has 0 amide bonds. The molecule has 13 heavy (non-hydrogen) atoms. The fourth-order valence-corrected chi connectivity index (χ4v) is 2.96. The highest BCUT2D eigenvalue weighted by Gasteiger charge is 2.42. The normalized spacial score (nSPS) is 37.4. The SMILES string of the molecule is CCN1CCC(O)(C2CCCC2)C1. The summed E-state index contributed by atoms with van der Waals surface area (Å²) in [5.74, 6) is 0.601. The lowest BCUT2D eigenvalue weighted by Crippen LogP contribution is -2.39. The van der Waals surface area contributed by atoms with E-state index in [0.29, 0.717) is 5.92 Å². The fourth-order valence-electron chi connectivity index (χ4n) is 2.96. The summed E-state index contributed by atoms with van der Waals surface area (Å²) >= 11 is 0. The van der Waals surface area contributed by atoms with E-state index in [2.05, 4.69) is 11.8 Å². The van der Waals surface area contributed by atoms with Crippen molar-refractivity contribution in [1.29, 1.82) is 0 Å². The van der Waals surface area contributed by atoms with Crippen LogP contribution in [-0.2, 0) is 0 Å². The van der Waals surface area contributed by atoms with Gasteiger partial charge in [0.1, 0.15) is 0 Å². The molecule has 1 aliphatic carbocycles. The summed E-state index contributed by atoms with van der Waals surface area (Å²) < 4.78 is 0. The zero-order chi connectivity index (χ0) is 9.31. The van der Waals surface area contributed by atoms with Crippen LogP contribution < -0.4 is 0 Å². The second-order valence-corrected chi connectivity index (χ2v) is 4.70. The van der Waals surface area contributed by atoms with Crippen LogP contribution in [0.2, 0.25) is 0 Å². The van der Waals surface area contributed by atoms with Gasteiger partial charge in [-0.1, -0.05) is 19.8 Å². The molecule has 2 heteroatoms. The Balaban J connectivity index is 1.96. The van der Waals surface area contributed by atoms with Gasteiger partial charge in [0.2, 0.25) is 0 Å². The number of hydrogen-bond acceptors (Lipinski definition) is 2. The predicted octanol–water partition coefficient (Wildman–Crippen LogP) is 1.63. The average Bonchev–Trinajstić information content (AvgIpc) is 2.72. The molecular weight excluding hydrogens is 162 g/mol. The summed E-state index contributed by atoms with van der Waals surface area (Å²) in [6, 6.07) is 0. The molecule has 0 aromatic carbocycles. The maximum absolute atomic E-state index is 10.5. The molecule has 0 aromatic rings. The molecule has 1 heterocycles. The minimum Gasteiger partial charge on any atom is -0.388 e. The third-order valence-electron chi connectivity index (χ3n) is 3.92. The predicted molar refractivity (Wildman–Crippen MR) is 53.6 cm³/mol. The molecule has 2 rings (SSSR count). The van der Waals surface area contributed by atoms with E-state index in [9.17, 15) is 5.11 Å². The molecule has 1 unspecified atom stereocenters. The highest BCUT2D eigenvalue weighted by atomic mass is 16.3. The molecule has 0 spiro atoms. The van der Waals surface area contributed by atoms with E-state index >= 15 is 0 Å². The molecule has 2 fully saturated rings. The Bertz CT molecular complexity index is 177. The van der Waals surface area contributed by atoms with Crippen molar-refractivity contribution in [2.45, 2.75) is 44.6 Å². The quantitative estimate of drug-likeness (QED) is 0.703. The van der Waals surface area contributed by atoms with Crippen LogP contribution in [0, 0.1) is 5.92 Å². The highest BCUT2D eigenvalue weighted by Crippen LogP contribution is 2.39. The highest BCUT2D eigenvalue weighted by molar-refractivity contribution is 4.96. The van der Waals surface area contributed by atoms with Crippen molar-refractivity contribution < 1.29 is 5.11 Å². The van der Waals surface area contributed by atoms with Gasteiger partial charge >= 0.3 is 0 Å². The van der Waals surface area contributed by atoms with E-state index in [1.807, 2.05) is 0 Å². The first-order valence-corrected chi connectivity index (χ1v) is 5.69. The van der Waals surface area contributed by atoms with Crippen LogP contribution in [0.5, 0.6) is 0 Å². The van der Waals surface area contributed by atoms with Crippen LogP contribution in [0.3, 0.4) is 0 Å². The average molecular weight is 183 g/mol. The summed E-state index contributed by atoms with van der Waals surface area (Å²) in [7, 11) is 0. The summed E-state index contributed by atoms with van der Waals surface area (Å²) in [6.45, 7) is 5.30. The van der Waals surface area contributed by atoms with E-state index in [-0.39, 0.29) is 5.60 Å². The second kappa shape index (κ2) is 3.58. The monoisotopic (exact) mass is 183 g/mol. The Morgan fingerprint density at radius 3 is 2.62 bits per heavy atom. The Morgan fingerprint density at radius 2 is 2.08 bits per heavy atom. The van der Waals surface area contributed by atoms with Gasteiger partial charge in [-0.05, 0) is 31.7 Å². The zero-order valence-corrected chi connectivity index (χ0v) is 8.63. The first-order chi connectivity index (χ1) is 6.24. The van der Waals surface area contributed by atoms with Gasteiger partial charge in [0.25, 0.3) is 0 Å². The van der Waals surface area contributed by atoms with Gasteiger partial charge in [-0.15, -0.1) is 0 Å². The van der Waals surface area contributed by atoms with Crippen LogP contribution >= 0.6 is 0 Å². The number of likely N-dealkylation sites (N-methyl/N-ethyl adjacent to an activating group) is 1. The van der Waals surface area contributed by atoms with Gasteiger partial charge in [-0.3, -0.25) is 0 Å². The standard InChI is InChI=1S/C11H21NO/c1-2-12-8-7-11(13,9-12)10-5-3-4-6-10/h10,13H,2-9H2,1H3. The summed E-state index contributed by atoms with van der Waals surface area (Å²) in [5, 5.41) is 10.5.